The molecule has 4 aromatic rings. The molecule has 0 heterocycles. The molecule has 0 spiro atoms. The summed E-state index contributed by atoms with van der Waals surface area (Å²) in [5.41, 5.74) is 5.36. The minimum atomic E-state index is -1.22. The maximum Gasteiger partial charge on any atom is 0.108 e. The van der Waals surface area contributed by atoms with Gasteiger partial charge in [0.05, 0.1) is 24.6 Å². The number of hydrogen-bond donors (Lipinski definition) is 0. The fraction of sp³-hybridized carbons (Fsp3) is 0.750. The van der Waals surface area contributed by atoms with Crippen molar-refractivity contribution in [2.45, 2.75) is 439 Å². The zero-order valence-electron chi connectivity index (χ0n) is 66.7. The van der Waals surface area contributed by atoms with Gasteiger partial charge in [-0.2, -0.15) is 21.9 Å². The molecule has 0 bridgehead atoms. The number of hydrogen-bond acceptors (Lipinski definition) is 0. The Balaban J connectivity index is 0.000000816. The molecule has 0 aliphatic heterocycles. The molecule has 0 N–H and O–H groups in total. The van der Waals surface area contributed by atoms with Crippen molar-refractivity contribution in [1.82, 2.24) is 0 Å². The van der Waals surface area contributed by atoms with Crippen LogP contribution < -0.4 is 21.9 Å². The van der Waals surface area contributed by atoms with E-state index in [2.05, 4.69) is 149 Å². The summed E-state index contributed by atoms with van der Waals surface area (Å²) in [6.07, 6.45) is 101. The van der Waals surface area contributed by atoms with Crippen molar-refractivity contribution in [3.8, 4) is 0 Å². The summed E-state index contributed by atoms with van der Waals surface area (Å²) in [7, 11) is -0.849. The van der Waals surface area contributed by atoms with Crippen molar-refractivity contribution < 1.29 is 0 Å². The third-order valence-electron chi connectivity index (χ3n) is 23.1. The van der Waals surface area contributed by atoms with E-state index in [0.717, 1.165) is 0 Å². The van der Waals surface area contributed by atoms with Gasteiger partial charge in [-0.1, -0.05) is 509 Å². The van der Waals surface area contributed by atoms with Gasteiger partial charge in [0.15, 0.2) is 0 Å². The topological polar surface area (TPSA) is 0 Å². The molecule has 0 amide bonds. The highest BCUT2D eigenvalue weighted by Crippen LogP contribution is 2.61. The molecule has 0 atom stereocenters. The summed E-state index contributed by atoms with van der Waals surface area (Å²) in [4.78, 5) is 0. The summed E-state index contributed by atoms with van der Waals surface area (Å²) >= 11 is 0. The summed E-state index contributed by atoms with van der Waals surface area (Å²) in [6, 6.07) is 43.5. The van der Waals surface area contributed by atoms with E-state index in [-0.39, 0.29) is 0 Å². The lowest BCUT2D eigenvalue weighted by atomic mass is 9.13. The lowest BCUT2D eigenvalue weighted by Crippen LogP contribution is -2.74. The average molecular weight is 1360 g/mol. The van der Waals surface area contributed by atoms with Crippen molar-refractivity contribution in [2.75, 3.05) is 24.6 Å². The van der Waals surface area contributed by atoms with Gasteiger partial charge < -0.3 is 0 Å². The zero-order valence-corrected chi connectivity index (χ0v) is 67.5. The average Bonchev–Trinajstić information content (AvgIpc) is 0.741. The van der Waals surface area contributed by atoms with Gasteiger partial charge in [0.2, 0.25) is 0 Å². The predicted molar refractivity (Wildman–Crippen MR) is 455 cm³/mol. The predicted octanol–water partition coefficient (Wildman–Crippen LogP) is 31.1. The van der Waals surface area contributed by atoms with Crippen molar-refractivity contribution >= 4 is 35.3 Å². The first-order valence-corrected chi connectivity index (χ1v) is 47.4. The van der Waals surface area contributed by atoms with Crippen LogP contribution in [-0.4, -0.2) is 30.8 Å². The van der Waals surface area contributed by atoms with Crippen LogP contribution >= 0.6 is 7.26 Å². The molecule has 2 heteroatoms. The minimum Gasteiger partial charge on any atom is -0.195 e. The van der Waals surface area contributed by atoms with Gasteiger partial charge in [0.25, 0.3) is 0 Å². The second-order valence-corrected chi connectivity index (χ2v) is 36.4. The molecule has 0 aromatic heterocycles. The fourth-order valence-electron chi connectivity index (χ4n) is 16.8. The standard InChI is InChI=1S/C72H148P.C24H20B/c1-5-9-13-17-21-25-29-33-37-41-45-49-53-57-61-65-69-73(70-66-62-58-54-50-46-42-38-34-30-26-22-18-14-10-6-2,71-67-63-59-55-51-47-43-39-35-31-27-23-19-15-11-7-3)72-68-64-60-56-52-48-44-40-36-32-28-24-20-16-12-8-4;1-5-13-21(14-6-1)25(22-15-7-2-8-16-22,23-17-9-3-10-18-23)24-19-11-4-12-20-24/h5-72H2,1-4H3;1-20H/q+1;-1. The molecular weight excluding hydrogens is 1190 g/mol. The lowest BCUT2D eigenvalue weighted by molar-refractivity contribution is 0.530. The molecule has 4 rings (SSSR count). The van der Waals surface area contributed by atoms with Crippen LogP contribution in [0.2, 0.25) is 0 Å². The molecule has 0 saturated carbocycles. The highest BCUT2D eigenvalue weighted by Gasteiger charge is 2.35. The molecule has 4 aromatic carbocycles. The highest BCUT2D eigenvalue weighted by atomic mass is 31.2. The first-order valence-electron chi connectivity index (χ1n) is 44.9. The Bertz CT molecular complexity index is 1840. The Morgan fingerprint density at radius 2 is 0.265 bits per heavy atom. The van der Waals surface area contributed by atoms with Crippen LogP contribution in [0.25, 0.3) is 0 Å². The Kier molecular flexibility index (Phi) is 62.9. The van der Waals surface area contributed by atoms with Gasteiger partial charge in [0, 0.05) is 7.26 Å². The van der Waals surface area contributed by atoms with Crippen molar-refractivity contribution in [2.24, 2.45) is 0 Å². The second kappa shape index (κ2) is 68.8. The molecule has 0 radical (unpaired) electrons. The smallest absolute Gasteiger partial charge is 0.108 e. The monoisotopic (exact) mass is 1360 g/mol. The van der Waals surface area contributed by atoms with Gasteiger partial charge in [-0.25, -0.2) is 0 Å². The first kappa shape index (κ1) is 89.6. The van der Waals surface area contributed by atoms with Crippen LogP contribution in [0.3, 0.4) is 0 Å². The summed E-state index contributed by atoms with van der Waals surface area (Å²) in [5, 5.41) is 0. The Hall–Kier alpha value is -2.63. The molecule has 98 heavy (non-hydrogen) atoms. The van der Waals surface area contributed by atoms with E-state index < -0.39 is 13.4 Å². The van der Waals surface area contributed by atoms with Crippen LogP contribution in [0.4, 0.5) is 0 Å². The zero-order chi connectivity index (χ0) is 69.5. The van der Waals surface area contributed by atoms with E-state index in [1.165, 1.54) is 407 Å². The molecule has 560 valence electrons. The van der Waals surface area contributed by atoms with Crippen molar-refractivity contribution in [1.29, 1.82) is 0 Å². The fourth-order valence-corrected chi connectivity index (χ4v) is 21.7. The van der Waals surface area contributed by atoms with Gasteiger partial charge in [-0.3, -0.25) is 0 Å². The van der Waals surface area contributed by atoms with Crippen LogP contribution in [0.1, 0.15) is 439 Å². The van der Waals surface area contributed by atoms with Crippen molar-refractivity contribution in [3.05, 3.63) is 121 Å². The highest BCUT2D eigenvalue weighted by molar-refractivity contribution is 7.75. The lowest BCUT2D eigenvalue weighted by Gasteiger charge is -2.44. The van der Waals surface area contributed by atoms with Gasteiger partial charge in [-0.05, 0) is 51.4 Å². The van der Waals surface area contributed by atoms with E-state index in [1.54, 1.807) is 50.3 Å². The third-order valence-corrected chi connectivity index (χ3v) is 28.2. The van der Waals surface area contributed by atoms with Gasteiger partial charge >= 0.3 is 0 Å². The van der Waals surface area contributed by atoms with Crippen LogP contribution in [0, 0.1) is 0 Å². The molecule has 0 saturated heterocycles. The molecule has 0 aliphatic carbocycles. The van der Waals surface area contributed by atoms with E-state index >= 15 is 0 Å². The molecule has 0 unspecified atom stereocenters. The quantitative estimate of drug-likeness (QED) is 0.0235. The SMILES string of the molecule is CCCCCCCCCCCCCCCCCC[P+](CCCCCCCCCCCCCCCCCC)(CCCCCCCCCCCCCCCCCC)CCCCCCCCCCCCCCCCCC.c1ccc([B-](c2ccccc2)(c2ccccc2)c2ccccc2)cc1. The van der Waals surface area contributed by atoms with E-state index in [9.17, 15) is 0 Å². The Labute approximate surface area is 616 Å². The largest absolute Gasteiger partial charge is 0.195 e. The molecule has 0 nitrogen and oxygen atoms in total. The number of benzene rings is 4. The number of unbranched alkanes of at least 4 members (excludes halogenated alkanes) is 60. The molecular formula is C96H168BP. The van der Waals surface area contributed by atoms with Gasteiger partial charge in [0.1, 0.15) is 6.15 Å². The summed E-state index contributed by atoms with van der Waals surface area (Å²) in [5.74, 6) is 0. The van der Waals surface area contributed by atoms with Crippen LogP contribution in [0.15, 0.2) is 121 Å². The first-order chi connectivity index (χ1) is 48.7. The number of rotatable bonds is 72. The van der Waals surface area contributed by atoms with Crippen LogP contribution in [0.5, 0.6) is 0 Å². The third kappa shape index (κ3) is 47.6. The van der Waals surface area contributed by atoms with Crippen LogP contribution in [-0.2, 0) is 0 Å². The Morgan fingerprint density at radius 3 is 0.388 bits per heavy atom. The maximum absolute atomic E-state index is 2.33. The normalized spacial score (nSPS) is 11.8. The van der Waals surface area contributed by atoms with E-state index in [0.29, 0.717) is 0 Å². The molecule has 0 aliphatic rings. The second-order valence-electron chi connectivity index (χ2n) is 32.0. The maximum atomic E-state index is 2.33. The Morgan fingerprint density at radius 1 is 0.153 bits per heavy atom. The van der Waals surface area contributed by atoms with E-state index in [4.69, 9.17) is 0 Å². The van der Waals surface area contributed by atoms with Crippen molar-refractivity contribution in [3.63, 3.8) is 0 Å². The van der Waals surface area contributed by atoms with Gasteiger partial charge in [-0.15, -0.1) is 0 Å². The molecule has 0 fully saturated rings. The minimum absolute atomic E-state index is 0.849. The van der Waals surface area contributed by atoms with E-state index in [1.807, 2.05) is 0 Å². The summed E-state index contributed by atoms with van der Waals surface area (Å²) < 4.78 is 0. The summed E-state index contributed by atoms with van der Waals surface area (Å²) in [6.45, 7) is 9.34.